The van der Waals surface area contributed by atoms with Crippen molar-refractivity contribution in [2.24, 2.45) is 16.6 Å². The number of nitrogens with zero attached hydrogens (tertiary/aromatic N) is 2. The summed E-state index contributed by atoms with van der Waals surface area (Å²) < 4.78 is 0. The number of benzene rings is 2. The molecular formula is C22H31IN4. The molecule has 1 aliphatic rings. The summed E-state index contributed by atoms with van der Waals surface area (Å²) in [5.74, 6) is 1.12. The van der Waals surface area contributed by atoms with Crippen molar-refractivity contribution < 1.29 is 0 Å². The molecule has 2 aromatic carbocycles. The van der Waals surface area contributed by atoms with Crippen molar-refractivity contribution in [1.82, 2.24) is 4.90 Å². The number of guanidine groups is 1. The van der Waals surface area contributed by atoms with Gasteiger partial charge in [-0.15, -0.1) is 24.0 Å². The highest BCUT2D eigenvalue weighted by atomic mass is 127. The van der Waals surface area contributed by atoms with Gasteiger partial charge in [-0.05, 0) is 55.0 Å². The van der Waals surface area contributed by atoms with Gasteiger partial charge in [0.1, 0.15) is 0 Å². The van der Waals surface area contributed by atoms with Gasteiger partial charge in [-0.25, -0.2) is 0 Å². The monoisotopic (exact) mass is 478 g/mol. The van der Waals surface area contributed by atoms with Crippen LogP contribution in [0.1, 0.15) is 24.5 Å². The number of nitrogens with one attached hydrogen (secondary N) is 1. The molecule has 1 unspecified atom stereocenters. The summed E-state index contributed by atoms with van der Waals surface area (Å²) in [5.41, 5.74) is 9.79. The van der Waals surface area contributed by atoms with E-state index in [2.05, 4.69) is 76.7 Å². The van der Waals surface area contributed by atoms with Crippen LogP contribution in [0.5, 0.6) is 0 Å². The molecule has 1 fully saturated rings. The van der Waals surface area contributed by atoms with Crippen molar-refractivity contribution >= 4 is 35.6 Å². The molecule has 0 bridgehead atoms. The van der Waals surface area contributed by atoms with E-state index in [1.54, 1.807) is 0 Å². The Hall–Kier alpha value is -1.60. The normalized spacial score (nSPS) is 17.5. The number of halogens is 1. The maximum atomic E-state index is 6.05. The molecule has 0 amide bonds. The Kier molecular flexibility index (Phi) is 9.07. The molecule has 0 saturated carbocycles. The van der Waals surface area contributed by atoms with E-state index >= 15 is 0 Å². The third-order valence-corrected chi connectivity index (χ3v) is 5.08. The molecule has 0 spiro atoms. The molecule has 0 aliphatic carbocycles. The van der Waals surface area contributed by atoms with E-state index < -0.39 is 0 Å². The molecule has 5 heteroatoms. The van der Waals surface area contributed by atoms with Crippen molar-refractivity contribution in [1.29, 1.82) is 0 Å². The van der Waals surface area contributed by atoms with Crippen LogP contribution < -0.4 is 11.1 Å². The predicted molar refractivity (Wildman–Crippen MR) is 126 cm³/mol. The van der Waals surface area contributed by atoms with Crippen molar-refractivity contribution in [3.05, 3.63) is 65.7 Å². The Morgan fingerprint density at radius 3 is 2.56 bits per heavy atom. The van der Waals surface area contributed by atoms with E-state index in [9.17, 15) is 0 Å². The first kappa shape index (κ1) is 21.7. The minimum Gasteiger partial charge on any atom is -0.370 e. The van der Waals surface area contributed by atoms with Gasteiger partial charge < -0.3 is 16.0 Å². The Labute approximate surface area is 180 Å². The Morgan fingerprint density at radius 2 is 1.85 bits per heavy atom. The largest absolute Gasteiger partial charge is 0.370 e. The third kappa shape index (κ3) is 7.14. The molecule has 146 valence electrons. The third-order valence-electron chi connectivity index (χ3n) is 5.08. The van der Waals surface area contributed by atoms with Gasteiger partial charge in [0.2, 0.25) is 0 Å². The Bertz CT molecular complexity index is 700. The van der Waals surface area contributed by atoms with Crippen LogP contribution in [0.15, 0.2) is 59.6 Å². The molecule has 0 aromatic heterocycles. The van der Waals surface area contributed by atoms with Gasteiger partial charge in [-0.1, -0.05) is 49.4 Å². The number of hydrogen-bond acceptors (Lipinski definition) is 2. The first-order valence-electron chi connectivity index (χ1n) is 9.65. The average molecular weight is 478 g/mol. The smallest absolute Gasteiger partial charge is 0.193 e. The van der Waals surface area contributed by atoms with Gasteiger partial charge in [0.05, 0.1) is 0 Å². The molecule has 3 N–H and O–H groups in total. The summed E-state index contributed by atoms with van der Waals surface area (Å²) in [6, 6.07) is 19.1. The molecule has 1 heterocycles. The van der Waals surface area contributed by atoms with Crippen LogP contribution in [0.25, 0.3) is 0 Å². The quantitative estimate of drug-likeness (QED) is 0.357. The number of aryl methyl sites for hydroxylation is 1. The maximum Gasteiger partial charge on any atom is 0.193 e. The topological polar surface area (TPSA) is 53.6 Å². The van der Waals surface area contributed by atoms with Crippen molar-refractivity contribution in [2.75, 3.05) is 31.5 Å². The molecule has 1 aliphatic heterocycles. The van der Waals surface area contributed by atoms with E-state index in [1.807, 2.05) is 0 Å². The van der Waals surface area contributed by atoms with Crippen LogP contribution >= 0.6 is 24.0 Å². The van der Waals surface area contributed by atoms with E-state index in [0.717, 1.165) is 38.2 Å². The highest BCUT2D eigenvalue weighted by Gasteiger charge is 2.21. The number of aliphatic imine (C=N–C) groups is 1. The highest BCUT2D eigenvalue weighted by Crippen LogP contribution is 2.17. The summed E-state index contributed by atoms with van der Waals surface area (Å²) in [6.45, 7) is 6.37. The molecular weight excluding hydrogens is 447 g/mol. The lowest BCUT2D eigenvalue weighted by Crippen LogP contribution is -2.26. The molecule has 27 heavy (non-hydrogen) atoms. The number of nitrogens with two attached hydrogens (primary N) is 1. The fourth-order valence-electron chi connectivity index (χ4n) is 3.44. The summed E-state index contributed by atoms with van der Waals surface area (Å²) in [7, 11) is 0. The molecule has 4 nitrogen and oxygen atoms in total. The van der Waals surface area contributed by atoms with Gasteiger partial charge in [-0.3, -0.25) is 4.99 Å². The number of anilines is 1. The molecule has 2 aromatic rings. The standard InChI is InChI=1S/C22H30N4.HI/c1-2-18-8-10-21(11-9-18)25-22(23)24-16-20-13-15-26(17-20)14-12-19-6-4-3-5-7-19;/h3-11,20H,2,12-17H2,1H3,(H3,23,24,25);1H. The van der Waals surface area contributed by atoms with Crippen LogP contribution in [-0.4, -0.2) is 37.0 Å². The lowest BCUT2D eigenvalue weighted by atomic mass is 10.1. The van der Waals surface area contributed by atoms with E-state index in [4.69, 9.17) is 5.73 Å². The van der Waals surface area contributed by atoms with Crippen LogP contribution in [0.2, 0.25) is 0 Å². The summed E-state index contributed by atoms with van der Waals surface area (Å²) in [4.78, 5) is 7.10. The lowest BCUT2D eigenvalue weighted by molar-refractivity contribution is 0.330. The first-order chi connectivity index (χ1) is 12.7. The predicted octanol–water partition coefficient (Wildman–Crippen LogP) is 4.16. The van der Waals surface area contributed by atoms with Crippen LogP contribution in [-0.2, 0) is 12.8 Å². The van der Waals surface area contributed by atoms with Crippen molar-refractivity contribution in [2.45, 2.75) is 26.2 Å². The second-order valence-electron chi connectivity index (χ2n) is 7.09. The van der Waals surface area contributed by atoms with E-state index in [-0.39, 0.29) is 24.0 Å². The second-order valence-corrected chi connectivity index (χ2v) is 7.09. The zero-order valence-corrected chi connectivity index (χ0v) is 18.4. The van der Waals surface area contributed by atoms with E-state index in [1.165, 1.54) is 24.1 Å². The van der Waals surface area contributed by atoms with Gasteiger partial charge in [0.25, 0.3) is 0 Å². The fraction of sp³-hybridized carbons (Fsp3) is 0.409. The summed E-state index contributed by atoms with van der Waals surface area (Å²) in [6.07, 6.45) is 3.37. The number of likely N-dealkylation sites (tertiary alicyclic amines) is 1. The van der Waals surface area contributed by atoms with Crippen molar-refractivity contribution in [3.8, 4) is 0 Å². The Morgan fingerprint density at radius 1 is 1.11 bits per heavy atom. The fourth-order valence-corrected chi connectivity index (χ4v) is 3.44. The van der Waals surface area contributed by atoms with Crippen LogP contribution in [0, 0.1) is 5.92 Å². The molecule has 3 rings (SSSR count). The first-order valence-corrected chi connectivity index (χ1v) is 9.65. The van der Waals surface area contributed by atoms with Crippen molar-refractivity contribution in [3.63, 3.8) is 0 Å². The zero-order valence-electron chi connectivity index (χ0n) is 16.1. The zero-order chi connectivity index (χ0) is 18.2. The molecule has 1 atom stereocenters. The minimum atomic E-state index is 0. The lowest BCUT2D eigenvalue weighted by Gasteiger charge is -2.15. The van der Waals surface area contributed by atoms with E-state index in [0.29, 0.717) is 11.9 Å². The SMILES string of the molecule is CCc1ccc(NC(N)=NCC2CCN(CCc3ccccc3)C2)cc1.I. The number of rotatable bonds is 7. The Balaban J connectivity index is 0.00000261. The van der Waals surface area contributed by atoms with Crippen LogP contribution in [0.4, 0.5) is 5.69 Å². The summed E-state index contributed by atoms with van der Waals surface area (Å²) in [5, 5.41) is 3.19. The average Bonchev–Trinajstić information content (AvgIpc) is 3.14. The van der Waals surface area contributed by atoms with Gasteiger partial charge in [-0.2, -0.15) is 0 Å². The molecule has 1 saturated heterocycles. The van der Waals surface area contributed by atoms with Crippen LogP contribution in [0.3, 0.4) is 0 Å². The number of hydrogen-bond donors (Lipinski definition) is 2. The second kappa shape index (κ2) is 11.3. The molecule has 0 radical (unpaired) electrons. The maximum absolute atomic E-state index is 6.05. The van der Waals surface area contributed by atoms with Gasteiger partial charge >= 0.3 is 0 Å². The van der Waals surface area contributed by atoms with Gasteiger partial charge in [0, 0.05) is 25.3 Å². The minimum absolute atomic E-state index is 0. The summed E-state index contributed by atoms with van der Waals surface area (Å²) >= 11 is 0. The van der Waals surface area contributed by atoms with Gasteiger partial charge in [0.15, 0.2) is 5.96 Å². The highest BCUT2D eigenvalue weighted by molar-refractivity contribution is 14.0.